The van der Waals surface area contributed by atoms with Gasteiger partial charge in [0.25, 0.3) is 0 Å². The average molecular weight is 387 g/mol. The molecule has 0 heterocycles. The highest BCUT2D eigenvalue weighted by atomic mass is 19.4. The van der Waals surface area contributed by atoms with E-state index in [1.807, 2.05) is 6.07 Å². The lowest BCUT2D eigenvalue weighted by atomic mass is 9.96. The summed E-state index contributed by atoms with van der Waals surface area (Å²) in [4.78, 5) is 12.4. The van der Waals surface area contributed by atoms with E-state index in [4.69, 9.17) is 0 Å². The van der Waals surface area contributed by atoms with Crippen LogP contribution in [-0.4, -0.2) is 5.91 Å². The van der Waals surface area contributed by atoms with E-state index < -0.39 is 29.4 Å². The number of carbonyl (C=O) groups is 1. The summed E-state index contributed by atoms with van der Waals surface area (Å²) >= 11 is 0. The third-order valence-corrected chi connectivity index (χ3v) is 4.43. The molecule has 0 aliphatic heterocycles. The second-order valence-electron chi connectivity index (χ2n) is 6.39. The fourth-order valence-corrected chi connectivity index (χ4v) is 2.83. The molecule has 0 fully saturated rings. The molecule has 144 valence electrons. The molecule has 1 atom stereocenters. The predicted octanol–water partition coefficient (Wildman–Crippen LogP) is 6.25. The molecule has 0 saturated heterocycles. The van der Waals surface area contributed by atoms with Crippen LogP contribution in [-0.2, 0) is 11.0 Å². The van der Waals surface area contributed by atoms with Gasteiger partial charge in [0.15, 0.2) is 0 Å². The summed E-state index contributed by atoms with van der Waals surface area (Å²) in [6.07, 6.45) is -4.50. The van der Waals surface area contributed by atoms with Crippen molar-refractivity contribution in [2.75, 3.05) is 5.32 Å². The maximum atomic E-state index is 14.5. The number of nitrogens with one attached hydrogen (secondary N) is 1. The Morgan fingerprint density at radius 1 is 0.929 bits per heavy atom. The number of halogens is 4. The number of carbonyl (C=O) groups excluding carboxylic acids is 1. The van der Waals surface area contributed by atoms with Gasteiger partial charge < -0.3 is 5.32 Å². The van der Waals surface area contributed by atoms with Crippen molar-refractivity contribution in [1.29, 1.82) is 0 Å². The second kappa shape index (κ2) is 7.84. The van der Waals surface area contributed by atoms with E-state index in [1.54, 1.807) is 43.3 Å². The molecule has 0 aliphatic rings. The van der Waals surface area contributed by atoms with Crippen LogP contribution in [0.3, 0.4) is 0 Å². The molecule has 0 aliphatic carbocycles. The second-order valence-corrected chi connectivity index (χ2v) is 6.39. The van der Waals surface area contributed by atoms with Crippen LogP contribution in [0.5, 0.6) is 0 Å². The van der Waals surface area contributed by atoms with Crippen molar-refractivity contribution in [2.24, 2.45) is 0 Å². The normalized spacial score (nSPS) is 12.5. The fourth-order valence-electron chi connectivity index (χ4n) is 2.83. The Balaban J connectivity index is 1.78. The van der Waals surface area contributed by atoms with Crippen molar-refractivity contribution in [3.05, 3.63) is 89.7 Å². The van der Waals surface area contributed by atoms with Crippen molar-refractivity contribution < 1.29 is 22.4 Å². The Hall–Kier alpha value is -3.15. The molecule has 0 bridgehead atoms. The number of hydrogen-bond donors (Lipinski definition) is 1. The molecule has 0 spiro atoms. The maximum Gasteiger partial charge on any atom is 0.416 e. The highest BCUT2D eigenvalue weighted by Gasteiger charge is 2.30. The Labute approximate surface area is 159 Å². The molecule has 6 heteroatoms. The molecule has 3 rings (SSSR count). The van der Waals surface area contributed by atoms with Crippen LogP contribution >= 0.6 is 0 Å². The van der Waals surface area contributed by atoms with Crippen molar-refractivity contribution in [3.63, 3.8) is 0 Å². The van der Waals surface area contributed by atoms with E-state index in [9.17, 15) is 22.4 Å². The van der Waals surface area contributed by atoms with Crippen LogP contribution < -0.4 is 5.32 Å². The maximum absolute atomic E-state index is 14.5. The van der Waals surface area contributed by atoms with Crippen LogP contribution in [0, 0.1) is 5.82 Å². The predicted molar refractivity (Wildman–Crippen MR) is 100 cm³/mol. The zero-order valence-electron chi connectivity index (χ0n) is 14.9. The SMILES string of the molecule is C[C@H](C(=O)Nc1cccc(C(F)(F)F)c1)c1ccc(-c2ccccc2)c(F)c1. The molecule has 28 heavy (non-hydrogen) atoms. The van der Waals surface area contributed by atoms with Crippen molar-refractivity contribution >= 4 is 11.6 Å². The molecule has 1 amide bonds. The Kier molecular flexibility index (Phi) is 5.49. The van der Waals surface area contributed by atoms with E-state index >= 15 is 0 Å². The standard InChI is InChI=1S/C22H17F4NO/c1-14(21(28)27-18-9-5-8-17(13-18)22(24,25)26)16-10-11-19(20(23)12-16)15-6-3-2-4-7-15/h2-14H,1H3,(H,27,28)/t14-/m0/s1. The van der Waals surface area contributed by atoms with Crippen LogP contribution in [0.25, 0.3) is 11.1 Å². The van der Waals surface area contributed by atoms with Gasteiger partial charge in [-0.05, 0) is 42.3 Å². The molecule has 3 aromatic rings. The van der Waals surface area contributed by atoms with Gasteiger partial charge in [-0.15, -0.1) is 0 Å². The van der Waals surface area contributed by atoms with E-state index in [0.717, 1.165) is 12.1 Å². The van der Waals surface area contributed by atoms with Gasteiger partial charge in [0.2, 0.25) is 5.91 Å². The largest absolute Gasteiger partial charge is 0.416 e. The lowest BCUT2D eigenvalue weighted by Crippen LogP contribution is -2.19. The number of hydrogen-bond acceptors (Lipinski definition) is 1. The Morgan fingerprint density at radius 2 is 1.64 bits per heavy atom. The number of anilines is 1. The van der Waals surface area contributed by atoms with Gasteiger partial charge in [-0.1, -0.05) is 48.5 Å². The van der Waals surface area contributed by atoms with E-state index in [-0.39, 0.29) is 5.69 Å². The molecule has 1 N–H and O–H groups in total. The van der Waals surface area contributed by atoms with E-state index in [1.165, 1.54) is 18.2 Å². The first kappa shape index (κ1) is 19.6. The number of amides is 1. The zero-order valence-corrected chi connectivity index (χ0v) is 14.9. The average Bonchev–Trinajstić information content (AvgIpc) is 2.67. The molecule has 2 nitrogen and oxygen atoms in total. The number of rotatable bonds is 4. The number of alkyl halides is 3. The minimum absolute atomic E-state index is 0.0352. The minimum atomic E-state index is -4.50. The van der Waals surface area contributed by atoms with Crippen LogP contribution in [0.1, 0.15) is 24.0 Å². The lowest BCUT2D eigenvalue weighted by Gasteiger charge is -2.15. The first-order chi connectivity index (χ1) is 13.3. The molecule has 0 saturated carbocycles. The van der Waals surface area contributed by atoms with Gasteiger partial charge in [-0.2, -0.15) is 13.2 Å². The van der Waals surface area contributed by atoms with Crippen LogP contribution in [0.2, 0.25) is 0 Å². The quantitative estimate of drug-likeness (QED) is 0.527. The lowest BCUT2D eigenvalue weighted by molar-refractivity contribution is -0.137. The van der Waals surface area contributed by atoms with Crippen LogP contribution in [0.4, 0.5) is 23.2 Å². The Morgan fingerprint density at radius 3 is 2.29 bits per heavy atom. The van der Waals surface area contributed by atoms with Gasteiger partial charge in [0.1, 0.15) is 5.82 Å². The van der Waals surface area contributed by atoms with Gasteiger partial charge >= 0.3 is 6.18 Å². The van der Waals surface area contributed by atoms with E-state index in [0.29, 0.717) is 16.7 Å². The summed E-state index contributed by atoms with van der Waals surface area (Å²) in [6, 6.07) is 17.9. The minimum Gasteiger partial charge on any atom is -0.326 e. The molecular formula is C22H17F4NO. The van der Waals surface area contributed by atoms with Crippen LogP contribution in [0.15, 0.2) is 72.8 Å². The molecule has 0 aromatic heterocycles. The summed E-state index contributed by atoms with van der Waals surface area (Å²) in [5, 5.41) is 2.46. The van der Waals surface area contributed by atoms with E-state index in [2.05, 4.69) is 5.32 Å². The molecular weight excluding hydrogens is 370 g/mol. The number of benzene rings is 3. The monoisotopic (exact) mass is 387 g/mol. The summed E-state index contributed by atoms with van der Waals surface area (Å²) < 4.78 is 52.9. The van der Waals surface area contributed by atoms with Gasteiger partial charge in [0, 0.05) is 11.3 Å². The highest BCUT2D eigenvalue weighted by molar-refractivity contribution is 5.95. The van der Waals surface area contributed by atoms with Gasteiger partial charge in [-0.3, -0.25) is 4.79 Å². The third kappa shape index (κ3) is 4.39. The third-order valence-electron chi connectivity index (χ3n) is 4.43. The van der Waals surface area contributed by atoms with Crippen molar-refractivity contribution in [2.45, 2.75) is 19.0 Å². The van der Waals surface area contributed by atoms with Gasteiger partial charge in [-0.25, -0.2) is 4.39 Å². The summed E-state index contributed by atoms with van der Waals surface area (Å²) in [6.45, 7) is 1.57. The molecule has 0 radical (unpaired) electrons. The zero-order chi connectivity index (χ0) is 20.3. The fraction of sp³-hybridized carbons (Fsp3) is 0.136. The Bertz CT molecular complexity index is 983. The first-order valence-corrected chi connectivity index (χ1v) is 8.58. The first-order valence-electron chi connectivity index (χ1n) is 8.58. The van der Waals surface area contributed by atoms with Crippen molar-refractivity contribution in [1.82, 2.24) is 0 Å². The topological polar surface area (TPSA) is 29.1 Å². The summed E-state index contributed by atoms with van der Waals surface area (Å²) in [7, 11) is 0. The molecule has 0 unspecified atom stereocenters. The summed E-state index contributed by atoms with van der Waals surface area (Å²) in [5.41, 5.74) is 0.744. The summed E-state index contributed by atoms with van der Waals surface area (Å²) in [5.74, 6) is -1.73. The smallest absolute Gasteiger partial charge is 0.326 e. The van der Waals surface area contributed by atoms with Gasteiger partial charge in [0.05, 0.1) is 11.5 Å². The highest BCUT2D eigenvalue weighted by Crippen LogP contribution is 2.31. The molecule has 3 aromatic carbocycles. The van der Waals surface area contributed by atoms with Crippen molar-refractivity contribution in [3.8, 4) is 11.1 Å².